The van der Waals surface area contributed by atoms with E-state index in [1.54, 1.807) is 0 Å². The van der Waals surface area contributed by atoms with Gasteiger partial charge >= 0.3 is 0 Å². The summed E-state index contributed by atoms with van der Waals surface area (Å²) in [5.74, 6) is 1.45. The van der Waals surface area contributed by atoms with Gasteiger partial charge in [-0.25, -0.2) is 0 Å². The van der Waals surface area contributed by atoms with Crippen LogP contribution in [0, 0.1) is 6.92 Å². The molecule has 0 aliphatic carbocycles. The summed E-state index contributed by atoms with van der Waals surface area (Å²) in [5.41, 5.74) is 2.45. The van der Waals surface area contributed by atoms with Gasteiger partial charge in [0, 0.05) is 6.61 Å². The van der Waals surface area contributed by atoms with Gasteiger partial charge in [0.05, 0.1) is 0 Å². The van der Waals surface area contributed by atoms with E-state index < -0.39 is 0 Å². The number of aryl methyl sites for hydroxylation is 1. The second-order valence-electron chi connectivity index (χ2n) is 3.93. The van der Waals surface area contributed by atoms with Crippen LogP contribution >= 0.6 is 0 Å². The molecule has 0 aliphatic heterocycles. The molecule has 0 saturated carbocycles. The van der Waals surface area contributed by atoms with Gasteiger partial charge in [0.15, 0.2) is 6.79 Å². The lowest BCUT2D eigenvalue weighted by Crippen LogP contribution is -2.03. The Morgan fingerprint density at radius 1 is 1.27 bits per heavy atom. The van der Waals surface area contributed by atoms with Crippen molar-refractivity contribution in [1.82, 2.24) is 0 Å². The Labute approximate surface area is 92.2 Å². The van der Waals surface area contributed by atoms with Crippen LogP contribution in [0.25, 0.3) is 0 Å². The van der Waals surface area contributed by atoms with Crippen molar-refractivity contribution in [2.24, 2.45) is 0 Å². The highest BCUT2D eigenvalue weighted by Gasteiger charge is 2.04. The standard InChI is InChI=1S/C13H20O2/c1-5-14-9-15-13-8-12(10(2)3)7-6-11(13)4/h6-8,10H,5,9H2,1-4H3. The minimum Gasteiger partial charge on any atom is -0.467 e. The van der Waals surface area contributed by atoms with Crippen LogP contribution in [0.1, 0.15) is 37.8 Å². The van der Waals surface area contributed by atoms with Crippen LogP contribution in [0.3, 0.4) is 0 Å². The Bertz CT molecular complexity index is 305. The van der Waals surface area contributed by atoms with Gasteiger partial charge in [0.25, 0.3) is 0 Å². The molecule has 0 amide bonds. The van der Waals surface area contributed by atoms with E-state index in [9.17, 15) is 0 Å². The van der Waals surface area contributed by atoms with Crippen molar-refractivity contribution in [3.05, 3.63) is 29.3 Å². The van der Waals surface area contributed by atoms with E-state index in [0.717, 1.165) is 11.3 Å². The maximum atomic E-state index is 5.55. The average molecular weight is 208 g/mol. The van der Waals surface area contributed by atoms with Gasteiger partial charge < -0.3 is 9.47 Å². The van der Waals surface area contributed by atoms with Crippen molar-refractivity contribution in [3.63, 3.8) is 0 Å². The zero-order valence-electron chi connectivity index (χ0n) is 10.0. The van der Waals surface area contributed by atoms with Gasteiger partial charge in [-0.1, -0.05) is 26.0 Å². The predicted octanol–water partition coefficient (Wildman–Crippen LogP) is 3.49. The van der Waals surface area contributed by atoms with Gasteiger partial charge in [0.1, 0.15) is 5.75 Å². The molecule has 0 radical (unpaired) electrons. The minimum absolute atomic E-state index is 0.332. The van der Waals surface area contributed by atoms with Gasteiger partial charge in [0.2, 0.25) is 0 Å². The van der Waals surface area contributed by atoms with Crippen LogP contribution in [0.2, 0.25) is 0 Å². The number of ether oxygens (including phenoxy) is 2. The molecule has 0 atom stereocenters. The molecule has 1 rings (SSSR count). The Hall–Kier alpha value is -1.02. The molecular formula is C13H20O2. The second-order valence-corrected chi connectivity index (χ2v) is 3.93. The molecule has 0 aliphatic rings. The van der Waals surface area contributed by atoms with Crippen molar-refractivity contribution in [2.75, 3.05) is 13.4 Å². The Morgan fingerprint density at radius 3 is 2.60 bits per heavy atom. The van der Waals surface area contributed by atoms with E-state index in [-0.39, 0.29) is 0 Å². The fraction of sp³-hybridized carbons (Fsp3) is 0.538. The van der Waals surface area contributed by atoms with Crippen LogP contribution in [0.15, 0.2) is 18.2 Å². The molecule has 0 saturated heterocycles. The molecule has 1 aromatic rings. The summed E-state index contributed by atoms with van der Waals surface area (Å²) >= 11 is 0. The van der Waals surface area contributed by atoms with Gasteiger partial charge in [-0.15, -0.1) is 0 Å². The lowest BCUT2D eigenvalue weighted by atomic mass is 10.0. The Balaban J connectivity index is 2.72. The largest absolute Gasteiger partial charge is 0.467 e. The van der Waals surface area contributed by atoms with Crippen LogP contribution in [0.4, 0.5) is 0 Å². The highest BCUT2D eigenvalue weighted by atomic mass is 16.7. The molecule has 0 spiro atoms. The van der Waals surface area contributed by atoms with E-state index in [4.69, 9.17) is 9.47 Å². The number of benzene rings is 1. The van der Waals surface area contributed by atoms with E-state index in [2.05, 4.69) is 32.0 Å². The third-order valence-corrected chi connectivity index (χ3v) is 2.38. The molecule has 1 aromatic carbocycles. The molecule has 2 nitrogen and oxygen atoms in total. The van der Waals surface area contributed by atoms with Crippen LogP contribution < -0.4 is 4.74 Å². The molecule has 0 N–H and O–H groups in total. The summed E-state index contributed by atoms with van der Waals surface area (Å²) in [5, 5.41) is 0. The number of rotatable bonds is 5. The van der Waals surface area contributed by atoms with Gasteiger partial charge in [-0.05, 0) is 37.0 Å². The molecule has 15 heavy (non-hydrogen) atoms. The molecule has 0 aromatic heterocycles. The Kier molecular flexibility index (Phi) is 4.63. The number of hydrogen-bond donors (Lipinski definition) is 0. The first-order valence-electron chi connectivity index (χ1n) is 5.46. The average Bonchev–Trinajstić information content (AvgIpc) is 2.20. The molecule has 2 heteroatoms. The summed E-state index contributed by atoms with van der Waals surface area (Å²) in [4.78, 5) is 0. The molecule has 0 fully saturated rings. The van der Waals surface area contributed by atoms with E-state index >= 15 is 0 Å². The number of hydrogen-bond acceptors (Lipinski definition) is 2. The quantitative estimate of drug-likeness (QED) is 0.544. The van der Waals surface area contributed by atoms with E-state index in [1.807, 2.05) is 13.8 Å². The summed E-state index contributed by atoms with van der Waals surface area (Å²) in [6.45, 7) is 9.38. The monoisotopic (exact) mass is 208 g/mol. The maximum absolute atomic E-state index is 5.55. The fourth-order valence-electron chi connectivity index (χ4n) is 1.32. The Morgan fingerprint density at radius 2 is 2.00 bits per heavy atom. The van der Waals surface area contributed by atoms with Crippen LogP contribution in [-0.4, -0.2) is 13.4 Å². The normalized spacial score (nSPS) is 10.7. The summed E-state index contributed by atoms with van der Waals surface area (Å²) in [7, 11) is 0. The first-order valence-corrected chi connectivity index (χ1v) is 5.46. The topological polar surface area (TPSA) is 18.5 Å². The molecule has 0 heterocycles. The smallest absolute Gasteiger partial charge is 0.189 e. The highest BCUT2D eigenvalue weighted by Crippen LogP contribution is 2.24. The van der Waals surface area contributed by atoms with Crippen molar-refractivity contribution >= 4 is 0 Å². The predicted molar refractivity (Wildman–Crippen MR) is 62.4 cm³/mol. The second kappa shape index (κ2) is 5.76. The van der Waals surface area contributed by atoms with Crippen molar-refractivity contribution in [1.29, 1.82) is 0 Å². The van der Waals surface area contributed by atoms with Crippen molar-refractivity contribution in [2.45, 2.75) is 33.6 Å². The van der Waals surface area contributed by atoms with Crippen molar-refractivity contribution in [3.8, 4) is 5.75 Å². The third-order valence-electron chi connectivity index (χ3n) is 2.38. The zero-order valence-corrected chi connectivity index (χ0v) is 10.0. The van der Waals surface area contributed by atoms with E-state index in [1.165, 1.54) is 5.56 Å². The molecular weight excluding hydrogens is 188 g/mol. The van der Waals surface area contributed by atoms with Gasteiger partial charge in [-0.2, -0.15) is 0 Å². The van der Waals surface area contributed by atoms with E-state index in [0.29, 0.717) is 19.3 Å². The van der Waals surface area contributed by atoms with Crippen LogP contribution in [-0.2, 0) is 4.74 Å². The van der Waals surface area contributed by atoms with Crippen LogP contribution in [0.5, 0.6) is 5.75 Å². The summed E-state index contributed by atoms with van der Waals surface area (Å²) in [6, 6.07) is 6.34. The minimum atomic E-state index is 0.332. The molecule has 0 unspecified atom stereocenters. The molecule has 0 bridgehead atoms. The van der Waals surface area contributed by atoms with Crippen molar-refractivity contribution < 1.29 is 9.47 Å². The zero-order chi connectivity index (χ0) is 11.3. The highest BCUT2D eigenvalue weighted by molar-refractivity contribution is 5.37. The summed E-state index contributed by atoms with van der Waals surface area (Å²) < 4.78 is 10.7. The lowest BCUT2D eigenvalue weighted by Gasteiger charge is -2.12. The van der Waals surface area contributed by atoms with Gasteiger partial charge in [-0.3, -0.25) is 0 Å². The third kappa shape index (κ3) is 3.56. The molecule has 84 valence electrons. The first kappa shape index (κ1) is 12.1. The SMILES string of the molecule is CCOCOc1cc(C(C)C)ccc1C. The fourth-order valence-corrected chi connectivity index (χ4v) is 1.32. The first-order chi connectivity index (χ1) is 7.15. The lowest BCUT2D eigenvalue weighted by molar-refractivity contribution is 0.0219. The summed E-state index contributed by atoms with van der Waals surface area (Å²) in [6.07, 6.45) is 0. The maximum Gasteiger partial charge on any atom is 0.189 e.